The fourth-order valence-electron chi connectivity index (χ4n) is 2.55. The third kappa shape index (κ3) is 2.37. The molecule has 1 aliphatic carbocycles. The van der Waals surface area contributed by atoms with Crippen molar-refractivity contribution in [2.75, 3.05) is 0 Å². The Morgan fingerprint density at radius 2 is 1.86 bits per heavy atom. The maximum Gasteiger partial charge on any atom is -0.0274 e. The zero-order chi connectivity index (χ0) is 9.80. The van der Waals surface area contributed by atoms with Gasteiger partial charge in [-0.05, 0) is 36.8 Å². The monoisotopic (exact) mass is 188 g/mol. The molecule has 0 saturated heterocycles. The van der Waals surface area contributed by atoms with Crippen molar-refractivity contribution in [1.82, 2.24) is 0 Å². The minimum Gasteiger partial charge on any atom is -0.0620 e. The van der Waals surface area contributed by atoms with Crippen LogP contribution in [0.15, 0.2) is 24.3 Å². The fourth-order valence-corrected chi connectivity index (χ4v) is 2.55. The van der Waals surface area contributed by atoms with Gasteiger partial charge in [0.15, 0.2) is 0 Å². The Kier molecular flexibility index (Phi) is 3.23. The average molecular weight is 188 g/mol. The molecule has 1 aromatic rings. The first-order valence-corrected chi connectivity index (χ1v) is 5.91. The molecule has 0 atom stereocenters. The molecule has 0 heterocycles. The van der Waals surface area contributed by atoms with Crippen LogP contribution in [0.2, 0.25) is 0 Å². The van der Waals surface area contributed by atoms with Crippen LogP contribution in [0, 0.1) is 12.8 Å². The topological polar surface area (TPSA) is 0 Å². The Hall–Kier alpha value is -0.780. The van der Waals surface area contributed by atoms with Crippen molar-refractivity contribution >= 4 is 0 Å². The van der Waals surface area contributed by atoms with Crippen molar-refractivity contribution in [3.63, 3.8) is 0 Å². The minimum atomic E-state index is 1.02. The zero-order valence-electron chi connectivity index (χ0n) is 9.13. The molecule has 0 nitrogen and oxygen atoms in total. The van der Waals surface area contributed by atoms with Crippen LogP contribution in [0.25, 0.3) is 0 Å². The van der Waals surface area contributed by atoms with E-state index in [1.165, 1.54) is 44.1 Å². The second-order valence-corrected chi connectivity index (χ2v) is 4.62. The third-order valence-corrected chi connectivity index (χ3v) is 3.56. The SMILES string of the molecule is Cc1ccccc1CCC1CCCC1. The van der Waals surface area contributed by atoms with E-state index in [0.717, 1.165) is 5.92 Å². The lowest BCUT2D eigenvalue weighted by atomic mass is 9.96. The van der Waals surface area contributed by atoms with E-state index in [4.69, 9.17) is 0 Å². The Morgan fingerprint density at radius 1 is 1.14 bits per heavy atom. The quantitative estimate of drug-likeness (QED) is 0.669. The summed E-state index contributed by atoms with van der Waals surface area (Å²) in [7, 11) is 0. The highest BCUT2D eigenvalue weighted by Gasteiger charge is 2.14. The van der Waals surface area contributed by atoms with Gasteiger partial charge in [-0.2, -0.15) is 0 Å². The van der Waals surface area contributed by atoms with E-state index >= 15 is 0 Å². The van der Waals surface area contributed by atoms with Gasteiger partial charge in [-0.15, -0.1) is 0 Å². The summed E-state index contributed by atoms with van der Waals surface area (Å²) in [6, 6.07) is 8.81. The summed E-state index contributed by atoms with van der Waals surface area (Å²) in [6.45, 7) is 2.23. The van der Waals surface area contributed by atoms with Crippen LogP contribution in [0.5, 0.6) is 0 Å². The number of benzene rings is 1. The predicted octanol–water partition coefficient (Wildman–Crippen LogP) is 4.12. The molecule has 0 spiro atoms. The van der Waals surface area contributed by atoms with Gasteiger partial charge in [-0.3, -0.25) is 0 Å². The molecule has 76 valence electrons. The zero-order valence-corrected chi connectivity index (χ0v) is 9.13. The first-order chi connectivity index (χ1) is 6.86. The molecule has 1 aromatic carbocycles. The number of rotatable bonds is 3. The molecule has 1 aliphatic rings. The molecule has 0 N–H and O–H groups in total. The standard InChI is InChI=1S/C14H20/c1-12-6-2-5-9-14(12)11-10-13-7-3-4-8-13/h2,5-6,9,13H,3-4,7-8,10-11H2,1H3. The summed E-state index contributed by atoms with van der Waals surface area (Å²) in [5.41, 5.74) is 3.02. The van der Waals surface area contributed by atoms with Gasteiger partial charge >= 0.3 is 0 Å². The third-order valence-electron chi connectivity index (χ3n) is 3.56. The molecule has 0 amide bonds. The molecule has 0 bridgehead atoms. The molecule has 14 heavy (non-hydrogen) atoms. The normalized spacial score (nSPS) is 17.5. The first kappa shape index (κ1) is 9.76. The van der Waals surface area contributed by atoms with Crippen LogP contribution in [0.1, 0.15) is 43.2 Å². The van der Waals surface area contributed by atoms with Crippen molar-refractivity contribution in [2.24, 2.45) is 5.92 Å². The molecule has 0 heteroatoms. The van der Waals surface area contributed by atoms with Crippen LogP contribution in [0.3, 0.4) is 0 Å². The summed E-state index contributed by atoms with van der Waals surface area (Å²) in [6.07, 6.45) is 8.59. The summed E-state index contributed by atoms with van der Waals surface area (Å²) in [5.74, 6) is 1.02. The largest absolute Gasteiger partial charge is 0.0620 e. The van der Waals surface area contributed by atoms with Gasteiger partial charge in [0.1, 0.15) is 0 Å². The van der Waals surface area contributed by atoms with E-state index in [-0.39, 0.29) is 0 Å². The highest BCUT2D eigenvalue weighted by molar-refractivity contribution is 5.25. The van der Waals surface area contributed by atoms with Crippen molar-refractivity contribution in [1.29, 1.82) is 0 Å². The molecule has 0 radical (unpaired) electrons. The number of hydrogen-bond donors (Lipinski definition) is 0. The smallest absolute Gasteiger partial charge is 0.0274 e. The minimum absolute atomic E-state index is 1.02. The fraction of sp³-hybridized carbons (Fsp3) is 0.571. The Bertz CT molecular complexity index is 282. The van der Waals surface area contributed by atoms with Gasteiger partial charge < -0.3 is 0 Å². The second-order valence-electron chi connectivity index (χ2n) is 4.62. The number of hydrogen-bond acceptors (Lipinski definition) is 0. The van der Waals surface area contributed by atoms with Crippen molar-refractivity contribution in [3.05, 3.63) is 35.4 Å². The summed E-state index contributed by atoms with van der Waals surface area (Å²) in [4.78, 5) is 0. The summed E-state index contributed by atoms with van der Waals surface area (Å²) >= 11 is 0. The second kappa shape index (κ2) is 4.63. The van der Waals surface area contributed by atoms with Gasteiger partial charge in [-0.25, -0.2) is 0 Å². The lowest BCUT2D eigenvalue weighted by molar-refractivity contribution is 0.503. The first-order valence-electron chi connectivity index (χ1n) is 5.91. The molecule has 1 fully saturated rings. The van der Waals surface area contributed by atoms with E-state index in [9.17, 15) is 0 Å². The van der Waals surface area contributed by atoms with Gasteiger partial charge in [0.2, 0.25) is 0 Å². The van der Waals surface area contributed by atoms with Gasteiger partial charge in [0, 0.05) is 0 Å². The van der Waals surface area contributed by atoms with Crippen LogP contribution in [-0.2, 0) is 6.42 Å². The van der Waals surface area contributed by atoms with Crippen LogP contribution >= 0.6 is 0 Å². The van der Waals surface area contributed by atoms with Crippen molar-refractivity contribution < 1.29 is 0 Å². The van der Waals surface area contributed by atoms with E-state index in [1.54, 1.807) is 5.56 Å². The van der Waals surface area contributed by atoms with Crippen molar-refractivity contribution in [3.8, 4) is 0 Å². The Morgan fingerprint density at radius 3 is 2.57 bits per heavy atom. The molecule has 0 aliphatic heterocycles. The summed E-state index contributed by atoms with van der Waals surface area (Å²) < 4.78 is 0. The Labute approximate surface area is 87.3 Å². The van der Waals surface area contributed by atoms with Gasteiger partial charge in [-0.1, -0.05) is 49.9 Å². The summed E-state index contributed by atoms with van der Waals surface area (Å²) in [5, 5.41) is 0. The number of aryl methyl sites for hydroxylation is 2. The Balaban J connectivity index is 1.88. The predicted molar refractivity (Wildman–Crippen MR) is 61.5 cm³/mol. The van der Waals surface area contributed by atoms with E-state index in [0.29, 0.717) is 0 Å². The van der Waals surface area contributed by atoms with Crippen molar-refractivity contribution in [2.45, 2.75) is 45.4 Å². The molecular weight excluding hydrogens is 168 g/mol. The van der Waals surface area contributed by atoms with Crippen LogP contribution in [0.4, 0.5) is 0 Å². The maximum atomic E-state index is 2.28. The lowest BCUT2D eigenvalue weighted by Crippen LogP contribution is -1.97. The van der Waals surface area contributed by atoms with Gasteiger partial charge in [0.25, 0.3) is 0 Å². The van der Waals surface area contributed by atoms with Crippen LogP contribution in [-0.4, -0.2) is 0 Å². The van der Waals surface area contributed by atoms with E-state index < -0.39 is 0 Å². The van der Waals surface area contributed by atoms with E-state index in [1.807, 2.05) is 0 Å². The molecule has 1 saturated carbocycles. The molecular formula is C14H20. The van der Waals surface area contributed by atoms with E-state index in [2.05, 4.69) is 31.2 Å². The average Bonchev–Trinajstić information content (AvgIpc) is 2.69. The maximum absolute atomic E-state index is 2.28. The molecule has 2 rings (SSSR count). The molecule has 0 unspecified atom stereocenters. The lowest BCUT2D eigenvalue weighted by Gasteiger charge is -2.10. The van der Waals surface area contributed by atoms with Gasteiger partial charge in [0.05, 0.1) is 0 Å². The highest BCUT2D eigenvalue weighted by atomic mass is 14.2. The highest BCUT2D eigenvalue weighted by Crippen LogP contribution is 2.28. The molecule has 0 aromatic heterocycles. The van der Waals surface area contributed by atoms with Crippen LogP contribution < -0.4 is 0 Å².